The lowest BCUT2D eigenvalue weighted by molar-refractivity contribution is -0.214. The molecular formula is C10H19F3N2O2. The Labute approximate surface area is 98.7 Å². The lowest BCUT2D eigenvalue weighted by atomic mass is 10.2. The van der Waals surface area contributed by atoms with Crippen LogP contribution in [-0.4, -0.2) is 36.9 Å². The number of rotatable bonds is 7. The Morgan fingerprint density at radius 1 is 1.35 bits per heavy atom. The summed E-state index contributed by atoms with van der Waals surface area (Å²) in [4.78, 5) is 11.0. The minimum absolute atomic E-state index is 0.0209. The van der Waals surface area contributed by atoms with Crippen molar-refractivity contribution in [3.8, 4) is 0 Å². The molecule has 0 fully saturated rings. The molecule has 7 heteroatoms. The third-order valence-electron chi connectivity index (χ3n) is 2.11. The summed E-state index contributed by atoms with van der Waals surface area (Å²) in [6.07, 6.45) is -6.10. The molecule has 2 unspecified atom stereocenters. The van der Waals surface area contributed by atoms with E-state index in [4.69, 9.17) is 5.73 Å². The molecule has 0 saturated heterocycles. The van der Waals surface area contributed by atoms with Crippen LogP contribution < -0.4 is 11.1 Å². The third kappa shape index (κ3) is 7.17. The summed E-state index contributed by atoms with van der Waals surface area (Å²) in [5.74, 6) is -0.595. The third-order valence-corrected chi connectivity index (χ3v) is 2.11. The van der Waals surface area contributed by atoms with Crippen molar-refractivity contribution in [1.82, 2.24) is 5.32 Å². The molecule has 0 aromatic heterocycles. The highest BCUT2D eigenvalue weighted by Crippen LogP contribution is 2.22. The van der Waals surface area contributed by atoms with Gasteiger partial charge in [-0.05, 0) is 13.3 Å². The topological polar surface area (TPSA) is 64.3 Å². The predicted molar refractivity (Wildman–Crippen MR) is 57.3 cm³/mol. The molecule has 0 heterocycles. The van der Waals surface area contributed by atoms with Crippen molar-refractivity contribution >= 4 is 5.91 Å². The maximum atomic E-state index is 12.1. The van der Waals surface area contributed by atoms with Crippen LogP contribution in [0.15, 0.2) is 0 Å². The van der Waals surface area contributed by atoms with Crippen molar-refractivity contribution < 1.29 is 22.7 Å². The van der Waals surface area contributed by atoms with Crippen molar-refractivity contribution in [3.05, 3.63) is 0 Å². The molecule has 1 amide bonds. The van der Waals surface area contributed by atoms with Gasteiger partial charge in [-0.2, -0.15) is 13.2 Å². The van der Waals surface area contributed by atoms with Crippen LogP contribution in [0.4, 0.5) is 13.2 Å². The van der Waals surface area contributed by atoms with Gasteiger partial charge in [-0.3, -0.25) is 4.79 Å². The first-order chi connectivity index (χ1) is 7.64. The van der Waals surface area contributed by atoms with Crippen LogP contribution in [-0.2, 0) is 9.53 Å². The molecule has 0 aromatic carbocycles. The maximum Gasteiger partial charge on any atom is 0.414 e. The van der Waals surface area contributed by atoms with E-state index < -0.39 is 24.2 Å². The predicted octanol–water partition coefficient (Wildman–Crippen LogP) is 1.20. The average Bonchev–Trinajstić information content (AvgIpc) is 2.13. The van der Waals surface area contributed by atoms with Crippen molar-refractivity contribution in [3.63, 3.8) is 0 Å². The zero-order valence-electron chi connectivity index (χ0n) is 10.2. The van der Waals surface area contributed by atoms with E-state index in [-0.39, 0.29) is 19.1 Å². The summed E-state index contributed by atoms with van der Waals surface area (Å²) in [6.45, 7) is 4.38. The van der Waals surface area contributed by atoms with Crippen LogP contribution in [0.25, 0.3) is 0 Å². The minimum Gasteiger partial charge on any atom is -0.369 e. The normalized spacial score (nSPS) is 15.9. The van der Waals surface area contributed by atoms with E-state index in [2.05, 4.69) is 10.1 Å². The SMILES string of the molecule is CC(C)NC(CCOC(C)C(F)(F)F)C(N)=O. The zero-order chi connectivity index (χ0) is 13.6. The van der Waals surface area contributed by atoms with Crippen LogP contribution in [0.5, 0.6) is 0 Å². The van der Waals surface area contributed by atoms with E-state index in [9.17, 15) is 18.0 Å². The number of primary amides is 1. The van der Waals surface area contributed by atoms with Gasteiger partial charge in [0, 0.05) is 12.6 Å². The molecule has 0 radical (unpaired) electrons. The molecule has 0 spiro atoms. The Balaban J connectivity index is 4.03. The quantitative estimate of drug-likeness (QED) is 0.719. The minimum atomic E-state index is -4.38. The van der Waals surface area contributed by atoms with Crippen LogP contribution >= 0.6 is 0 Å². The largest absolute Gasteiger partial charge is 0.414 e. The first-order valence-corrected chi connectivity index (χ1v) is 5.38. The molecule has 0 rings (SSSR count). The van der Waals surface area contributed by atoms with Gasteiger partial charge in [-0.25, -0.2) is 0 Å². The van der Waals surface area contributed by atoms with Gasteiger partial charge in [0.2, 0.25) is 5.91 Å². The van der Waals surface area contributed by atoms with Crippen LogP contribution in [0.2, 0.25) is 0 Å². The van der Waals surface area contributed by atoms with Crippen molar-refractivity contribution in [2.24, 2.45) is 5.73 Å². The molecule has 102 valence electrons. The monoisotopic (exact) mass is 256 g/mol. The summed E-state index contributed by atoms with van der Waals surface area (Å²) in [5, 5.41) is 2.86. The summed E-state index contributed by atoms with van der Waals surface area (Å²) in [7, 11) is 0. The highest BCUT2D eigenvalue weighted by atomic mass is 19.4. The van der Waals surface area contributed by atoms with Crippen LogP contribution in [0.1, 0.15) is 27.2 Å². The van der Waals surface area contributed by atoms with E-state index in [1.807, 2.05) is 13.8 Å². The maximum absolute atomic E-state index is 12.1. The number of nitrogens with one attached hydrogen (secondary N) is 1. The first-order valence-electron chi connectivity index (χ1n) is 5.38. The highest BCUT2D eigenvalue weighted by Gasteiger charge is 2.36. The molecule has 0 aliphatic heterocycles. The molecule has 17 heavy (non-hydrogen) atoms. The molecular weight excluding hydrogens is 237 g/mol. The van der Waals surface area contributed by atoms with E-state index in [1.165, 1.54) is 0 Å². The summed E-state index contributed by atoms with van der Waals surface area (Å²) in [6, 6.07) is -0.650. The van der Waals surface area contributed by atoms with Gasteiger partial charge < -0.3 is 15.8 Å². The van der Waals surface area contributed by atoms with E-state index >= 15 is 0 Å². The molecule has 3 N–H and O–H groups in total. The number of halogens is 3. The van der Waals surface area contributed by atoms with Gasteiger partial charge in [-0.15, -0.1) is 0 Å². The second-order valence-electron chi connectivity index (χ2n) is 4.12. The number of amides is 1. The summed E-state index contributed by atoms with van der Waals surface area (Å²) in [5.41, 5.74) is 5.11. The van der Waals surface area contributed by atoms with Gasteiger partial charge in [0.25, 0.3) is 0 Å². The zero-order valence-corrected chi connectivity index (χ0v) is 10.2. The first kappa shape index (κ1) is 16.2. The van der Waals surface area contributed by atoms with Crippen LogP contribution in [0, 0.1) is 0 Å². The summed E-state index contributed by atoms with van der Waals surface area (Å²) >= 11 is 0. The Kier molecular flexibility index (Phi) is 6.48. The molecule has 0 aliphatic rings. The molecule has 0 aliphatic carbocycles. The van der Waals surface area contributed by atoms with Crippen molar-refractivity contribution in [1.29, 1.82) is 0 Å². The van der Waals surface area contributed by atoms with Gasteiger partial charge in [0.05, 0.1) is 6.04 Å². The molecule has 2 atom stereocenters. The fraction of sp³-hybridized carbons (Fsp3) is 0.900. The number of nitrogens with two attached hydrogens (primary N) is 1. The second-order valence-corrected chi connectivity index (χ2v) is 4.12. The Hall–Kier alpha value is -0.820. The van der Waals surface area contributed by atoms with Gasteiger partial charge >= 0.3 is 6.18 Å². The number of alkyl halides is 3. The second kappa shape index (κ2) is 6.80. The van der Waals surface area contributed by atoms with E-state index in [0.29, 0.717) is 0 Å². The number of hydrogen-bond donors (Lipinski definition) is 2. The van der Waals surface area contributed by atoms with Gasteiger partial charge in [-0.1, -0.05) is 13.8 Å². The fourth-order valence-corrected chi connectivity index (χ4v) is 1.17. The lowest BCUT2D eigenvalue weighted by Crippen LogP contribution is -2.45. The standard InChI is InChI=1S/C10H19F3N2O2/c1-6(2)15-8(9(14)16)4-5-17-7(3)10(11,12)13/h6-8,15H,4-5H2,1-3H3,(H2,14,16). The number of hydrogen-bond acceptors (Lipinski definition) is 3. The Morgan fingerprint density at radius 2 is 1.88 bits per heavy atom. The number of ether oxygens (including phenoxy) is 1. The van der Waals surface area contributed by atoms with Gasteiger partial charge in [0.15, 0.2) is 6.10 Å². The number of carbonyl (C=O) groups is 1. The highest BCUT2D eigenvalue weighted by molar-refractivity contribution is 5.79. The Morgan fingerprint density at radius 3 is 2.24 bits per heavy atom. The molecule has 0 aromatic rings. The lowest BCUT2D eigenvalue weighted by Gasteiger charge is -2.20. The molecule has 0 bridgehead atoms. The Bertz CT molecular complexity index is 244. The summed E-state index contributed by atoms with van der Waals surface area (Å²) < 4.78 is 40.9. The van der Waals surface area contributed by atoms with Crippen molar-refractivity contribution in [2.45, 2.75) is 51.6 Å². The van der Waals surface area contributed by atoms with Crippen LogP contribution in [0.3, 0.4) is 0 Å². The smallest absolute Gasteiger partial charge is 0.369 e. The number of carbonyl (C=O) groups excluding carboxylic acids is 1. The average molecular weight is 256 g/mol. The van der Waals surface area contributed by atoms with E-state index in [1.54, 1.807) is 0 Å². The molecule has 4 nitrogen and oxygen atoms in total. The molecule has 0 saturated carbocycles. The van der Waals surface area contributed by atoms with E-state index in [0.717, 1.165) is 6.92 Å². The fourth-order valence-electron chi connectivity index (χ4n) is 1.17. The van der Waals surface area contributed by atoms with Crippen molar-refractivity contribution in [2.75, 3.05) is 6.61 Å². The van der Waals surface area contributed by atoms with Gasteiger partial charge in [0.1, 0.15) is 0 Å².